The maximum Gasteiger partial charge on any atom is 0.355 e. The first-order chi connectivity index (χ1) is 19.4. The number of pyridine rings is 1. The normalized spacial score (nSPS) is 15.8. The number of primary sulfonamides is 1. The fourth-order valence-corrected chi connectivity index (χ4v) is 5.64. The molecule has 0 unspecified atom stereocenters. The van der Waals surface area contributed by atoms with Crippen LogP contribution in [0.15, 0.2) is 70.9 Å². The van der Waals surface area contributed by atoms with Gasteiger partial charge in [0.15, 0.2) is 11.5 Å². The average molecular weight is 585 g/mol. The molecule has 3 heterocycles. The highest BCUT2D eigenvalue weighted by molar-refractivity contribution is 7.89. The Morgan fingerprint density at radius 3 is 2.37 bits per heavy atom. The Bertz CT molecular complexity index is 1880. The molecule has 5 rings (SSSR count). The van der Waals surface area contributed by atoms with Gasteiger partial charge in [-0.25, -0.2) is 41.1 Å². The van der Waals surface area contributed by atoms with E-state index < -0.39 is 55.4 Å². The zero-order valence-electron chi connectivity index (χ0n) is 21.6. The van der Waals surface area contributed by atoms with Crippen LogP contribution in [0.25, 0.3) is 28.0 Å². The number of carbonyl (C=O) groups excluding carboxylic acids is 1. The van der Waals surface area contributed by atoms with E-state index >= 15 is 4.39 Å². The van der Waals surface area contributed by atoms with E-state index in [0.717, 1.165) is 34.9 Å². The van der Waals surface area contributed by atoms with Gasteiger partial charge >= 0.3 is 5.69 Å². The van der Waals surface area contributed by atoms with E-state index in [4.69, 9.17) is 5.14 Å². The summed E-state index contributed by atoms with van der Waals surface area (Å²) >= 11 is 0. The second kappa shape index (κ2) is 10.4. The number of aromatic nitrogens is 3. The number of rotatable bonds is 5. The van der Waals surface area contributed by atoms with Crippen LogP contribution in [0.4, 0.5) is 19.0 Å². The number of benzene rings is 2. The van der Waals surface area contributed by atoms with Crippen molar-refractivity contribution in [1.29, 1.82) is 0 Å². The first-order valence-corrected chi connectivity index (χ1v) is 13.8. The molecular formula is C27H23F3N6O4S. The van der Waals surface area contributed by atoms with Crippen molar-refractivity contribution >= 4 is 32.8 Å². The van der Waals surface area contributed by atoms with E-state index in [1.807, 2.05) is 0 Å². The smallest absolute Gasteiger partial charge is 0.350 e. The summed E-state index contributed by atoms with van der Waals surface area (Å²) in [6.07, 6.45) is 1.18. The van der Waals surface area contributed by atoms with Crippen molar-refractivity contribution in [3.63, 3.8) is 0 Å². The van der Waals surface area contributed by atoms with Crippen LogP contribution < -0.4 is 15.7 Å². The van der Waals surface area contributed by atoms with Gasteiger partial charge in [-0.05, 0) is 43.3 Å². The lowest BCUT2D eigenvalue weighted by Gasteiger charge is -2.40. The minimum Gasteiger partial charge on any atom is -0.350 e. The molecule has 1 fully saturated rings. The van der Waals surface area contributed by atoms with Crippen LogP contribution in [0.3, 0.4) is 0 Å². The standard InChI is InChI=1S/C27H23F3N6O4S/c1-3-22(37)34-11-12-35(15(2)14-34)25-16-13-19(30)24(23-17(28)7-6-8-18(23)29)32-26(16)36(27(38)33-25)20-9-4-5-10-21(20)41(31,39)40/h3-10,13,15H,1,11-12,14H2,2H3,(H2,31,39,40)/t15-/m0/s1. The lowest BCUT2D eigenvalue weighted by molar-refractivity contribution is -0.126. The Kier molecular flexibility index (Phi) is 7.13. The number of sulfonamides is 1. The van der Waals surface area contributed by atoms with Crippen molar-refractivity contribution in [2.75, 3.05) is 24.5 Å². The quantitative estimate of drug-likeness (QED) is 0.357. The van der Waals surface area contributed by atoms with E-state index in [9.17, 15) is 26.8 Å². The highest BCUT2D eigenvalue weighted by Gasteiger charge is 2.31. The van der Waals surface area contributed by atoms with Crippen molar-refractivity contribution in [1.82, 2.24) is 19.4 Å². The number of amides is 1. The molecule has 14 heteroatoms. The third kappa shape index (κ3) is 4.95. The molecule has 0 bridgehead atoms. The average Bonchev–Trinajstić information content (AvgIpc) is 2.92. The summed E-state index contributed by atoms with van der Waals surface area (Å²) in [7, 11) is -4.37. The molecule has 1 atom stereocenters. The molecule has 0 radical (unpaired) electrons. The molecule has 0 spiro atoms. The monoisotopic (exact) mass is 584 g/mol. The molecule has 4 aromatic rings. The molecule has 1 aliphatic heterocycles. The number of anilines is 1. The number of fused-ring (bicyclic) bond motifs is 1. The van der Waals surface area contributed by atoms with Gasteiger partial charge in [-0.2, -0.15) is 4.98 Å². The molecule has 212 valence electrons. The summed E-state index contributed by atoms with van der Waals surface area (Å²) in [5, 5.41) is 5.36. The molecule has 10 nitrogen and oxygen atoms in total. The van der Waals surface area contributed by atoms with Gasteiger partial charge in [-0.15, -0.1) is 0 Å². The Morgan fingerprint density at radius 1 is 1.05 bits per heavy atom. The summed E-state index contributed by atoms with van der Waals surface area (Å²) in [6.45, 7) is 5.94. The number of nitrogens with two attached hydrogens (primary N) is 1. The third-order valence-corrected chi connectivity index (χ3v) is 7.76. The number of carbonyl (C=O) groups is 1. The second-order valence-corrected chi connectivity index (χ2v) is 10.9. The van der Waals surface area contributed by atoms with Crippen molar-refractivity contribution in [2.24, 2.45) is 5.14 Å². The molecule has 41 heavy (non-hydrogen) atoms. The lowest BCUT2D eigenvalue weighted by atomic mass is 10.1. The Hall–Kier alpha value is -4.56. The predicted octanol–water partition coefficient (Wildman–Crippen LogP) is 2.74. The third-order valence-electron chi connectivity index (χ3n) is 6.80. The minimum atomic E-state index is -4.37. The van der Waals surface area contributed by atoms with Gasteiger partial charge in [0.2, 0.25) is 15.9 Å². The van der Waals surface area contributed by atoms with E-state index in [-0.39, 0.29) is 48.1 Å². The number of para-hydroxylation sites is 1. The molecule has 1 saturated heterocycles. The summed E-state index contributed by atoms with van der Waals surface area (Å²) in [5.74, 6) is -3.59. The summed E-state index contributed by atoms with van der Waals surface area (Å²) < 4.78 is 70.6. The minimum absolute atomic E-state index is 0.000468. The largest absolute Gasteiger partial charge is 0.355 e. The van der Waals surface area contributed by atoms with Crippen LogP contribution in [0.2, 0.25) is 0 Å². The number of hydrogen-bond donors (Lipinski definition) is 1. The SMILES string of the molecule is C=CC(=O)N1CCN(c2nc(=O)n(-c3ccccc3S(N)(=O)=O)c3nc(-c4c(F)cccc4F)c(F)cc23)[C@@H](C)C1. The van der Waals surface area contributed by atoms with Crippen molar-refractivity contribution in [3.05, 3.63) is 89.1 Å². The van der Waals surface area contributed by atoms with Crippen molar-refractivity contribution < 1.29 is 26.4 Å². The lowest BCUT2D eigenvalue weighted by Crippen LogP contribution is -2.54. The molecule has 2 aromatic heterocycles. The second-order valence-electron chi connectivity index (χ2n) is 9.38. The zero-order chi connectivity index (χ0) is 29.6. The fourth-order valence-electron chi connectivity index (χ4n) is 4.93. The van der Waals surface area contributed by atoms with Gasteiger partial charge < -0.3 is 9.80 Å². The van der Waals surface area contributed by atoms with Crippen LogP contribution in [-0.4, -0.2) is 59.4 Å². The molecule has 0 aliphatic carbocycles. The summed E-state index contributed by atoms with van der Waals surface area (Å²) in [5.41, 5.74) is -3.06. The maximum atomic E-state index is 15.6. The molecule has 2 N–H and O–H groups in total. The summed E-state index contributed by atoms with van der Waals surface area (Å²) in [6, 6.07) is 8.76. The number of halogens is 3. The summed E-state index contributed by atoms with van der Waals surface area (Å²) in [4.78, 5) is 36.9. The van der Waals surface area contributed by atoms with Gasteiger partial charge in [-0.1, -0.05) is 24.8 Å². The first kappa shape index (κ1) is 28.0. The van der Waals surface area contributed by atoms with Crippen LogP contribution in [0.5, 0.6) is 0 Å². The predicted molar refractivity (Wildman–Crippen MR) is 145 cm³/mol. The highest BCUT2D eigenvalue weighted by atomic mass is 32.2. The van der Waals surface area contributed by atoms with Gasteiger partial charge in [0, 0.05) is 25.7 Å². The van der Waals surface area contributed by atoms with Crippen LogP contribution in [-0.2, 0) is 14.8 Å². The van der Waals surface area contributed by atoms with E-state index in [1.54, 1.807) is 16.7 Å². The Balaban J connectivity index is 1.83. The first-order valence-electron chi connectivity index (χ1n) is 12.3. The Morgan fingerprint density at radius 2 is 1.73 bits per heavy atom. The van der Waals surface area contributed by atoms with E-state index in [1.165, 1.54) is 24.3 Å². The number of nitrogens with zero attached hydrogens (tertiary/aromatic N) is 5. The van der Waals surface area contributed by atoms with E-state index in [0.29, 0.717) is 0 Å². The fraction of sp³-hybridized carbons (Fsp3) is 0.185. The van der Waals surface area contributed by atoms with Gasteiger partial charge in [0.05, 0.1) is 16.6 Å². The number of hydrogen-bond acceptors (Lipinski definition) is 7. The maximum absolute atomic E-state index is 15.6. The van der Waals surface area contributed by atoms with Crippen LogP contribution in [0, 0.1) is 17.5 Å². The zero-order valence-corrected chi connectivity index (χ0v) is 22.4. The molecule has 1 aliphatic rings. The van der Waals surface area contributed by atoms with Crippen LogP contribution >= 0.6 is 0 Å². The van der Waals surface area contributed by atoms with Gasteiger partial charge in [-0.3, -0.25) is 4.79 Å². The highest BCUT2D eigenvalue weighted by Crippen LogP contribution is 2.34. The molecular weight excluding hydrogens is 561 g/mol. The Labute approximate surface area is 232 Å². The topological polar surface area (TPSA) is 131 Å². The molecule has 2 aromatic carbocycles. The van der Waals surface area contributed by atoms with Crippen molar-refractivity contribution in [2.45, 2.75) is 17.9 Å². The van der Waals surface area contributed by atoms with Crippen molar-refractivity contribution in [3.8, 4) is 16.9 Å². The van der Waals surface area contributed by atoms with Gasteiger partial charge in [0.1, 0.15) is 28.0 Å². The van der Waals surface area contributed by atoms with Gasteiger partial charge in [0.25, 0.3) is 0 Å². The van der Waals surface area contributed by atoms with E-state index in [2.05, 4.69) is 16.5 Å². The van der Waals surface area contributed by atoms with Crippen LogP contribution in [0.1, 0.15) is 6.92 Å². The number of piperazine rings is 1. The molecule has 0 saturated carbocycles. The molecule has 1 amide bonds.